The van der Waals surface area contributed by atoms with Crippen LogP contribution in [0.15, 0.2) is 46.9 Å². The van der Waals surface area contributed by atoms with Crippen molar-refractivity contribution in [3.63, 3.8) is 0 Å². The normalized spacial score (nSPS) is 15.4. The lowest BCUT2D eigenvalue weighted by molar-refractivity contribution is 0.0483. The molecule has 0 spiro atoms. The Labute approximate surface area is 240 Å². The number of anilines is 1. The van der Waals surface area contributed by atoms with E-state index in [9.17, 15) is 23.5 Å². The molecule has 0 radical (unpaired) electrons. The lowest BCUT2D eigenvalue weighted by Gasteiger charge is -2.47. The van der Waals surface area contributed by atoms with Gasteiger partial charge in [0.15, 0.2) is 22.9 Å². The van der Waals surface area contributed by atoms with Gasteiger partial charge in [0.05, 0.1) is 16.3 Å². The van der Waals surface area contributed by atoms with Crippen molar-refractivity contribution < 1.29 is 27.9 Å². The number of hydrogen-bond acceptors (Lipinski definition) is 6. The fourth-order valence-electron chi connectivity index (χ4n) is 5.11. The number of carbonyl (C=O) groups excluding carboxylic acids is 1. The molecule has 214 valence electrons. The number of carbonyl (C=O) groups is 2. The molecule has 3 aromatic heterocycles. The van der Waals surface area contributed by atoms with E-state index in [0.29, 0.717) is 47.8 Å². The second-order valence-electron chi connectivity index (χ2n) is 11.8. The number of furan rings is 1. The number of carboxylic acid groups (broad SMARTS) is 1. The molecule has 0 aliphatic carbocycles. The van der Waals surface area contributed by atoms with E-state index in [1.54, 1.807) is 17.0 Å². The Kier molecular flexibility index (Phi) is 7.01. The minimum absolute atomic E-state index is 0.0160. The second-order valence-corrected chi connectivity index (χ2v) is 12.2. The monoisotopic (exact) mass is 582 g/mol. The third kappa shape index (κ3) is 5.36. The highest BCUT2D eigenvalue weighted by atomic mass is 35.5. The molecule has 1 aromatic carbocycles. The lowest BCUT2D eigenvalue weighted by Crippen LogP contribution is -2.61. The molecule has 4 aromatic rings. The van der Waals surface area contributed by atoms with Gasteiger partial charge < -0.3 is 19.3 Å². The molecule has 4 heterocycles. The predicted octanol–water partition coefficient (Wildman–Crippen LogP) is 6.56. The summed E-state index contributed by atoms with van der Waals surface area (Å²) in [7, 11) is 0. The van der Waals surface area contributed by atoms with E-state index in [1.165, 1.54) is 18.2 Å². The summed E-state index contributed by atoms with van der Waals surface area (Å²) in [5.41, 5.74) is 1.11. The van der Waals surface area contributed by atoms with Gasteiger partial charge in [0.1, 0.15) is 17.2 Å². The molecule has 0 unspecified atom stereocenters. The number of hydrogen-bond donors (Lipinski definition) is 1. The van der Waals surface area contributed by atoms with Gasteiger partial charge in [-0.1, -0.05) is 38.4 Å². The number of carboxylic acids is 1. The Morgan fingerprint density at radius 1 is 1.02 bits per heavy atom. The summed E-state index contributed by atoms with van der Waals surface area (Å²) in [6.45, 7) is 10.8. The van der Waals surface area contributed by atoms with E-state index >= 15 is 0 Å². The average molecular weight is 583 g/mol. The minimum Gasteiger partial charge on any atom is -0.476 e. The van der Waals surface area contributed by atoms with Crippen molar-refractivity contribution in [2.45, 2.75) is 45.6 Å². The van der Waals surface area contributed by atoms with Crippen LogP contribution in [-0.4, -0.2) is 57.0 Å². The molecule has 5 rings (SSSR count). The topological polar surface area (TPSA) is 99.8 Å². The highest BCUT2D eigenvalue weighted by Gasteiger charge is 2.39. The molecule has 1 aliphatic heterocycles. The lowest BCUT2D eigenvalue weighted by atomic mass is 9.86. The van der Waals surface area contributed by atoms with E-state index in [2.05, 4.69) is 9.97 Å². The molecular formula is C30H29ClF2N4O4. The highest BCUT2D eigenvalue weighted by molar-refractivity contribution is 6.30. The number of piperazine rings is 1. The standard InChI is InChI=1S/C30H29ClF2N4O4/c1-29(2,3)17-13-21(16-6-7-18(31)20(33)12-16)34-22-14-23(41-26(17)22)27(38)37-11-10-36(15-30(37,4)5)24-9-8-19(32)25(35-24)28(39)40/h6-9,12-14H,10-11,15H2,1-5H3,(H,39,40). The molecule has 1 fully saturated rings. The summed E-state index contributed by atoms with van der Waals surface area (Å²) in [6, 6.07) is 10.4. The van der Waals surface area contributed by atoms with Crippen molar-refractivity contribution in [2.24, 2.45) is 0 Å². The van der Waals surface area contributed by atoms with Crippen LogP contribution < -0.4 is 4.90 Å². The summed E-state index contributed by atoms with van der Waals surface area (Å²) in [5, 5.41) is 9.27. The van der Waals surface area contributed by atoms with Crippen LogP contribution >= 0.6 is 11.6 Å². The van der Waals surface area contributed by atoms with Crippen LogP contribution in [0.2, 0.25) is 5.02 Å². The van der Waals surface area contributed by atoms with Gasteiger partial charge in [-0.15, -0.1) is 0 Å². The first-order valence-electron chi connectivity index (χ1n) is 13.0. The molecule has 1 amide bonds. The fourth-order valence-corrected chi connectivity index (χ4v) is 5.22. The summed E-state index contributed by atoms with van der Waals surface area (Å²) in [6.07, 6.45) is 0. The fraction of sp³-hybridized carbons (Fsp3) is 0.333. The molecule has 8 nitrogen and oxygen atoms in total. The molecule has 0 bridgehead atoms. The van der Waals surface area contributed by atoms with E-state index in [0.717, 1.165) is 11.6 Å². The third-order valence-electron chi connectivity index (χ3n) is 7.22. The third-order valence-corrected chi connectivity index (χ3v) is 7.52. The van der Waals surface area contributed by atoms with Crippen LogP contribution in [0.1, 0.15) is 61.2 Å². The molecule has 1 saturated heterocycles. The maximum Gasteiger partial charge on any atom is 0.357 e. The quantitative estimate of drug-likeness (QED) is 0.291. The Morgan fingerprint density at radius 3 is 2.39 bits per heavy atom. The van der Waals surface area contributed by atoms with Crippen LogP contribution in [-0.2, 0) is 5.41 Å². The van der Waals surface area contributed by atoms with Crippen LogP contribution in [0.25, 0.3) is 22.4 Å². The number of benzene rings is 1. The van der Waals surface area contributed by atoms with Crippen LogP contribution in [0.5, 0.6) is 0 Å². The van der Waals surface area contributed by atoms with Crippen LogP contribution in [0.4, 0.5) is 14.6 Å². The number of nitrogens with zero attached hydrogens (tertiary/aromatic N) is 4. The molecule has 11 heteroatoms. The van der Waals surface area contributed by atoms with E-state index < -0.39 is 28.8 Å². The summed E-state index contributed by atoms with van der Waals surface area (Å²) < 4.78 is 34.3. The first-order valence-corrected chi connectivity index (χ1v) is 13.4. The summed E-state index contributed by atoms with van der Waals surface area (Å²) in [4.78, 5) is 37.3. The Morgan fingerprint density at radius 2 is 1.76 bits per heavy atom. The zero-order chi connectivity index (χ0) is 29.9. The Balaban J connectivity index is 1.47. The number of amides is 1. The second kappa shape index (κ2) is 10.1. The zero-order valence-electron chi connectivity index (χ0n) is 23.3. The van der Waals surface area contributed by atoms with Crippen LogP contribution in [0.3, 0.4) is 0 Å². The van der Waals surface area contributed by atoms with Gasteiger partial charge in [0, 0.05) is 36.8 Å². The van der Waals surface area contributed by atoms with E-state index in [1.807, 2.05) is 45.6 Å². The molecule has 0 atom stereocenters. The van der Waals surface area contributed by atoms with Gasteiger partial charge in [-0.3, -0.25) is 4.79 Å². The van der Waals surface area contributed by atoms with Crippen molar-refractivity contribution in [2.75, 3.05) is 24.5 Å². The van der Waals surface area contributed by atoms with Gasteiger partial charge >= 0.3 is 5.97 Å². The predicted molar refractivity (Wildman–Crippen MR) is 152 cm³/mol. The van der Waals surface area contributed by atoms with Gasteiger partial charge in [-0.05, 0) is 49.6 Å². The first kappa shape index (κ1) is 28.5. The maximum atomic E-state index is 14.2. The van der Waals surface area contributed by atoms with Crippen molar-refractivity contribution in [3.8, 4) is 11.3 Å². The molecule has 0 saturated carbocycles. The minimum atomic E-state index is -1.45. The van der Waals surface area contributed by atoms with Crippen molar-refractivity contribution in [1.82, 2.24) is 14.9 Å². The van der Waals surface area contributed by atoms with Gasteiger partial charge in [0.2, 0.25) is 0 Å². The molecule has 1 aliphatic rings. The number of fused-ring (bicyclic) bond motifs is 1. The van der Waals surface area contributed by atoms with Gasteiger partial charge in [-0.2, -0.15) is 0 Å². The number of aromatic carboxylic acids is 1. The number of rotatable bonds is 4. The Bertz CT molecular complexity index is 1700. The van der Waals surface area contributed by atoms with Gasteiger partial charge in [0.25, 0.3) is 5.91 Å². The molecule has 41 heavy (non-hydrogen) atoms. The highest BCUT2D eigenvalue weighted by Crippen LogP contribution is 2.36. The number of pyridine rings is 2. The molecule has 1 N–H and O–H groups in total. The SMILES string of the molecule is CC(C)(C)c1cc(-c2ccc(Cl)c(F)c2)nc2cc(C(=O)N3CCN(c4ccc(F)c(C(=O)O)n4)CC3(C)C)oc12. The largest absolute Gasteiger partial charge is 0.476 e. The maximum absolute atomic E-state index is 14.2. The van der Waals surface area contributed by atoms with Gasteiger partial charge in [-0.25, -0.2) is 23.5 Å². The summed E-state index contributed by atoms with van der Waals surface area (Å²) >= 11 is 5.87. The van der Waals surface area contributed by atoms with E-state index in [-0.39, 0.29) is 22.1 Å². The zero-order valence-corrected chi connectivity index (χ0v) is 24.0. The van der Waals surface area contributed by atoms with Crippen molar-refractivity contribution >= 4 is 40.4 Å². The Hall–Kier alpha value is -4.05. The van der Waals surface area contributed by atoms with Crippen LogP contribution in [0, 0.1) is 11.6 Å². The average Bonchev–Trinajstić information content (AvgIpc) is 3.32. The molecular weight excluding hydrogens is 554 g/mol. The van der Waals surface area contributed by atoms with Crippen molar-refractivity contribution in [1.29, 1.82) is 0 Å². The smallest absolute Gasteiger partial charge is 0.357 e. The summed E-state index contributed by atoms with van der Waals surface area (Å²) in [5.74, 6) is -2.81. The van der Waals surface area contributed by atoms with Crippen molar-refractivity contribution in [3.05, 3.63) is 76.1 Å². The van der Waals surface area contributed by atoms with E-state index in [4.69, 9.17) is 16.0 Å². The first-order chi connectivity index (χ1) is 19.2. The number of aromatic nitrogens is 2. The number of halogens is 3.